The van der Waals surface area contributed by atoms with Crippen LogP contribution in [0.1, 0.15) is 19.4 Å². The zero-order valence-electron chi connectivity index (χ0n) is 11.6. The second-order valence-corrected chi connectivity index (χ2v) is 3.83. The van der Waals surface area contributed by atoms with Crippen molar-refractivity contribution in [1.29, 1.82) is 0 Å². The van der Waals surface area contributed by atoms with Gasteiger partial charge in [0.25, 0.3) is 0 Å². The predicted molar refractivity (Wildman–Crippen MR) is 79.1 cm³/mol. The molecule has 2 rings (SSSR count). The summed E-state index contributed by atoms with van der Waals surface area (Å²) in [6.07, 6.45) is 1.13. The number of rotatable bonds is 2. The molecule has 0 saturated carbocycles. The highest BCUT2D eigenvalue weighted by atomic mass is 19.1. The van der Waals surface area contributed by atoms with Crippen LogP contribution in [0.5, 0.6) is 11.5 Å². The van der Waals surface area contributed by atoms with Crippen LogP contribution in [0.4, 0.5) is 20.2 Å². The Labute approximate surface area is 121 Å². The standard InChI is InChI=1S/C13H10F2N2O2.C2H6/c14-10-4-9(19)5-11(15)13(10)17-6-7-3-8(18)1-2-12(7)16;1-2/h1-6,18-19H,16H2;1-2H3. The molecule has 0 fully saturated rings. The monoisotopic (exact) mass is 294 g/mol. The number of aromatic hydroxyl groups is 2. The Hall–Kier alpha value is -2.63. The largest absolute Gasteiger partial charge is 0.508 e. The molecular formula is C15H16F2N2O2. The minimum atomic E-state index is -0.993. The van der Waals surface area contributed by atoms with Gasteiger partial charge >= 0.3 is 0 Å². The highest BCUT2D eigenvalue weighted by Gasteiger charge is 2.09. The Bertz CT molecular complexity index is 635. The van der Waals surface area contributed by atoms with E-state index in [-0.39, 0.29) is 5.75 Å². The number of hydrogen-bond donors (Lipinski definition) is 3. The normalized spacial score (nSPS) is 10.3. The summed E-state index contributed by atoms with van der Waals surface area (Å²) in [6.45, 7) is 4.00. The van der Waals surface area contributed by atoms with Gasteiger partial charge in [-0.25, -0.2) is 13.8 Å². The molecule has 2 aromatic rings. The summed E-state index contributed by atoms with van der Waals surface area (Å²) in [5.74, 6) is -2.55. The van der Waals surface area contributed by atoms with Gasteiger partial charge in [-0.1, -0.05) is 13.8 Å². The van der Waals surface area contributed by atoms with Gasteiger partial charge in [0, 0.05) is 29.6 Å². The maximum Gasteiger partial charge on any atom is 0.155 e. The van der Waals surface area contributed by atoms with E-state index >= 15 is 0 Å². The van der Waals surface area contributed by atoms with E-state index in [4.69, 9.17) is 10.8 Å². The van der Waals surface area contributed by atoms with Crippen LogP contribution in [0.3, 0.4) is 0 Å². The number of anilines is 1. The summed E-state index contributed by atoms with van der Waals surface area (Å²) in [4.78, 5) is 3.64. The molecule has 0 aliphatic rings. The quantitative estimate of drug-likeness (QED) is 0.448. The van der Waals surface area contributed by atoms with Crippen molar-refractivity contribution in [3.63, 3.8) is 0 Å². The number of benzene rings is 2. The first-order chi connectivity index (χ1) is 9.97. The summed E-state index contributed by atoms with van der Waals surface area (Å²) in [7, 11) is 0. The Morgan fingerprint density at radius 1 is 1.00 bits per heavy atom. The third-order valence-electron chi connectivity index (χ3n) is 2.40. The van der Waals surface area contributed by atoms with Crippen LogP contribution in [0.25, 0.3) is 0 Å². The lowest BCUT2D eigenvalue weighted by molar-refractivity contribution is 0.461. The van der Waals surface area contributed by atoms with E-state index in [2.05, 4.69) is 4.99 Å². The van der Waals surface area contributed by atoms with Gasteiger partial charge in [0.1, 0.15) is 17.2 Å². The molecule has 0 heterocycles. The number of halogens is 2. The van der Waals surface area contributed by atoms with Crippen LogP contribution in [-0.4, -0.2) is 16.4 Å². The fourth-order valence-corrected chi connectivity index (χ4v) is 1.48. The topological polar surface area (TPSA) is 78.8 Å². The molecule has 2 aromatic carbocycles. The SMILES string of the molecule is CC.Nc1ccc(O)cc1C=Nc1c(F)cc(O)cc1F. The van der Waals surface area contributed by atoms with Crippen LogP contribution < -0.4 is 5.73 Å². The molecule has 4 nitrogen and oxygen atoms in total. The van der Waals surface area contributed by atoms with Crippen molar-refractivity contribution in [3.8, 4) is 11.5 Å². The molecule has 0 atom stereocenters. The highest BCUT2D eigenvalue weighted by Crippen LogP contribution is 2.27. The Morgan fingerprint density at radius 3 is 2.14 bits per heavy atom. The van der Waals surface area contributed by atoms with E-state index in [1.54, 1.807) is 0 Å². The molecule has 0 radical (unpaired) electrons. The third kappa shape index (κ3) is 4.17. The van der Waals surface area contributed by atoms with E-state index in [1.807, 2.05) is 13.8 Å². The molecule has 0 amide bonds. The maximum absolute atomic E-state index is 13.4. The number of nitrogens with zero attached hydrogens (tertiary/aromatic N) is 1. The lowest BCUT2D eigenvalue weighted by Gasteiger charge is -2.02. The predicted octanol–water partition coefficient (Wildman–Crippen LogP) is 3.74. The summed E-state index contributed by atoms with van der Waals surface area (Å²) in [6, 6.07) is 5.65. The fourth-order valence-electron chi connectivity index (χ4n) is 1.48. The molecule has 21 heavy (non-hydrogen) atoms. The van der Waals surface area contributed by atoms with Gasteiger partial charge in [0.2, 0.25) is 0 Å². The summed E-state index contributed by atoms with van der Waals surface area (Å²) >= 11 is 0. The lowest BCUT2D eigenvalue weighted by Crippen LogP contribution is -1.92. The van der Waals surface area contributed by atoms with Crippen LogP contribution in [-0.2, 0) is 0 Å². The highest BCUT2D eigenvalue weighted by molar-refractivity contribution is 5.89. The summed E-state index contributed by atoms with van der Waals surface area (Å²) in [5, 5.41) is 18.3. The van der Waals surface area contributed by atoms with Crippen molar-refractivity contribution in [2.75, 3.05) is 5.73 Å². The fraction of sp³-hybridized carbons (Fsp3) is 0.133. The number of nitrogen functional groups attached to an aromatic ring is 1. The van der Waals surface area contributed by atoms with Crippen molar-refractivity contribution in [2.24, 2.45) is 4.99 Å². The number of aliphatic imine (C=N–C) groups is 1. The second kappa shape index (κ2) is 7.23. The van der Waals surface area contributed by atoms with E-state index in [0.29, 0.717) is 11.3 Å². The van der Waals surface area contributed by atoms with Gasteiger partial charge in [-0.15, -0.1) is 0 Å². The molecule has 112 valence electrons. The van der Waals surface area contributed by atoms with Gasteiger partial charge in [-0.3, -0.25) is 0 Å². The zero-order valence-corrected chi connectivity index (χ0v) is 11.6. The number of hydrogen-bond acceptors (Lipinski definition) is 4. The third-order valence-corrected chi connectivity index (χ3v) is 2.40. The zero-order chi connectivity index (χ0) is 16.0. The molecule has 6 heteroatoms. The average Bonchev–Trinajstić information content (AvgIpc) is 2.43. The number of nitrogens with two attached hydrogens (primary N) is 1. The van der Waals surface area contributed by atoms with Crippen LogP contribution in [0.2, 0.25) is 0 Å². The van der Waals surface area contributed by atoms with Crippen LogP contribution >= 0.6 is 0 Å². The van der Waals surface area contributed by atoms with Gasteiger partial charge in [0.15, 0.2) is 11.6 Å². The van der Waals surface area contributed by atoms with Crippen molar-refractivity contribution >= 4 is 17.6 Å². The lowest BCUT2D eigenvalue weighted by atomic mass is 10.2. The molecular weight excluding hydrogens is 278 g/mol. The minimum absolute atomic E-state index is 0.0395. The molecule has 0 saturated heterocycles. The Balaban J connectivity index is 0.00000106. The van der Waals surface area contributed by atoms with Crippen LogP contribution in [0, 0.1) is 11.6 Å². The first-order valence-electron chi connectivity index (χ1n) is 6.28. The molecule has 0 aromatic heterocycles. The Morgan fingerprint density at radius 2 is 1.57 bits per heavy atom. The van der Waals surface area contributed by atoms with Crippen molar-refractivity contribution < 1.29 is 19.0 Å². The summed E-state index contributed by atoms with van der Waals surface area (Å²) < 4.78 is 26.8. The van der Waals surface area contributed by atoms with Gasteiger partial charge in [0.05, 0.1) is 0 Å². The molecule has 0 unspecified atom stereocenters. The van der Waals surface area contributed by atoms with Gasteiger partial charge < -0.3 is 15.9 Å². The van der Waals surface area contributed by atoms with E-state index < -0.39 is 23.1 Å². The van der Waals surface area contributed by atoms with E-state index in [9.17, 15) is 13.9 Å². The first kappa shape index (κ1) is 16.4. The van der Waals surface area contributed by atoms with E-state index in [1.165, 1.54) is 18.2 Å². The first-order valence-corrected chi connectivity index (χ1v) is 6.28. The maximum atomic E-state index is 13.4. The molecule has 0 aliphatic heterocycles. The number of phenolic OH excluding ortho intramolecular Hbond substituents is 2. The molecule has 0 bridgehead atoms. The van der Waals surface area contributed by atoms with Crippen molar-refractivity contribution in [1.82, 2.24) is 0 Å². The van der Waals surface area contributed by atoms with Crippen molar-refractivity contribution in [3.05, 3.63) is 47.5 Å². The molecule has 0 spiro atoms. The minimum Gasteiger partial charge on any atom is -0.508 e. The Kier molecular flexibility index (Phi) is 5.66. The van der Waals surface area contributed by atoms with Gasteiger partial charge in [-0.2, -0.15) is 0 Å². The second-order valence-electron chi connectivity index (χ2n) is 3.83. The van der Waals surface area contributed by atoms with Crippen molar-refractivity contribution in [2.45, 2.75) is 13.8 Å². The molecule has 0 aliphatic carbocycles. The number of phenols is 2. The van der Waals surface area contributed by atoms with Gasteiger partial charge in [-0.05, 0) is 18.2 Å². The smallest absolute Gasteiger partial charge is 0.155 e. The van der Waals surface area contributed by atoms with E-state index in [0.717, 1.165) is 18.3 Å². The van der Waals surface area contributed by atoms with Crippen LogP contribution in [0.15, 0.2) is 35.3 Å². The summed E-state index contributed by atoms with van der Waals surface area (Å²) in [5.41, 5.74) is 5.72. The molecule has 4 N–H and O–H groups in total. The average molecular weight is 294 g/mol.